The molecule has 4 rings (SSSR count). The van der Waals surface area contributed by atoms with E-state index in [2.05, 4.69) is 10.3 Å². The van der Waals surface area contributed by atoms with Crippen molar-refractivity contribution >= 4 is 29.1 Å². The fourth-order valence-corrected chi connectivity index (χ4v) is 5.58. The lowest BCUT2D eigenvalue weighted by molar-refractivity contribution is -0.204. The highest BCUT2D eigenvalue weighted by Crippen LogP contribution is 2.40. The molecule has 1 aliphatic heterocycles. The normalized spacial score (nSPS) is 16.7. The van der Waals surface area contributed by atoms with Gasteiger partial charge in [-0.15, -0.1) is 0 Å². The first-order valence-corrected chi connectivity index (χ1v) is 14.0. The number of hydrogen-bond donors (Lipinski definition) is 1. The van der Waals surface area contributed by atoms with Crippen molar-refractivity contribution in [2.24, 2.45) is 5.41 Å². The number of aromatic nitrogens is 1. The maximum Gasteiger partial charge on any atom is 0.433 e. The zero-order valence-corrected chi connectivity index (χ0v) is 25.5. The van der Waals surface area contributed by atoms with Crippen molar-refractivity contribution in [3.05, 3.63) is 93.8 Å². The molecule has 2 aromatic carbocycles. The molecule has 246 valence electrons. The minimum atomic E-state index is -4.84. The first-order chi connectivity index (χ1) is 21.2. The molecule has 0 saturated heterocycles. The lowest BCUT2D eigenvalue weighted by atomic mass is 9.79. The summed E-state index contributed by atoms with van der Waals surface area (Å²) in [7, 11) is 0. The van der Waals surface area contributed by atoms with Crippen LogP contribution in [0.15, 0.2) is 65.9 Å². The standard InChI is InChI=1S/C31H27ClF8N4O2/c1-16-24(27(45)42-22-10-9-19(32)12-20(22)17-8-11-23(41-13-17)31(38,39)40)28(46)43(14-18-6-5-7-21(33)25(18)34)44(15-30(35,36)37)26(16)29(2,3)4/h5-13,26H,14-15H2,1-4H3,(H,42,45). The topological polar surface area (TPSA) is 65.5 Å². The number of carbonyl (C=O) groups excluding carboxylic acids is 2. The highest BCUT2D eigenvalue weighted by Gasteiger charge is 2.49. The van der Waals surface area contributed by atoms with Gasteiger partial charge in [-0.1, -0.05) is 50.6 Å². The van der Waals surface area contributed by atoms with Crippen LogP contribution in [0.2, 0.25) is 5.02 Å². The van der Waals surface area contributed by atoms with E-state index in [1.165, 1.54) is 25.1 Å². The van der Waals surface area contributed by atoms with Crippen LogP contribution < -0.4 is 5.32 Å². The maximum atomic E-state index is 14.7. The molecule has 0 aliphatic carbocycles. The monoisotopic (exact) mass is 674 g/mol. The third-order valence-electron chi connectivity index (χ3n) is 7.20. The molecule has 2 amide bonds. The van der Waals surface area contributed by atoms with Crippen LogP contribution in [-0.2, 0) is 22.3 Å². The Kier molecular flexibility index (Phi) is 9.56. The second kappa shape index (κ2) is 12.6. The average molecular weight is 675 g/mol. The molecule has 0 fully saturated rings. The van der Waals surface area contributed by atoms with E-state index in [-0.39, 0.29) is 27.4 Å². The quantitative estimate of drug-likeness (QED) is 0.212. The van der Waals surface area contributed by atoms with E-state index >= 15 is 0 Å². The van der Waals surface area contributed by atoms with Gasteiger partial charge in [0.1, 0.15) is 17.8 Å². The summed E-state index contributed by atoms with van der Waals surface area (Å²) in [6.07, 6.45) is -8.63. The number of nitrogens with one attached hydrogen (secondary N) is 1. The molecule has 6 nitrogen and oxygen atoms in total. The Morgan fingerprint density at radius 1 is 1.00 bits per heavy atom. The summed E-state index contributed by atoms with van der Waals surface area (Å²) in [6.45, 7) is 3.61. The van der Waals surface area contributed by atoms with Gasteiger partial charge < -0.3 is 5.32 Å². The van der Waals surface area contributed by atoms with Crippen molar-refractivity contribution in [1.29, 1.82) is 0 Å². The molecule has 0 saturated carbocycles. The third kappa shape index (κ3) is 7.49. The first-order valence-electron chi connectivity index (χ1n) is 13.6. The van der Waals surface area contributed by atoms with Crippen molar-refractivity contribution in [1.82, 2.24) is 15.0 Å². The predicted octanol–water partition coefficient (Wildman–Crippen LogP) is 8.19. The molecular formula is C31H27ClF8N4O2. The lowest BCUT2D eigenvalue weighted by Crippen LogP contribution is -2.62. The summed E-state index contributed by atoms with van der Waals surface area (Å²) >= 11 is 6.12. The number of hydrazine groups is 1. The number of benzene rings is 2. The summed E-state index contributed by atoms with van der Waals surface area (Å²) in [5.74, 6) is -4.93. The molecule has 1 N–H and O–H groups in total. The highest BCUT2D eigenvalue weighted by molar-refractivity contribution is 6.31. The Morgan fingerprint density at radius 3 is 2.24 bits per heavy atom. The zero-order valence-electron chi connectivity index (χ0n) is 24.7. The fraction of sp³-hybridized carbons (Fsp3) is 0.323. The van der Waals surface area contributed by atoms with Crippen molar-refractivity contribution in [3.63, 3.8) is 0 Å². The number of alkyl halides is 6. The van der Waals surface area contributed by atoms with Crippen LogP contribution in [0.5, 0.6) is 0 Å². The second-order valence-electron chi connectivity index (χ2n) is 11.7. The summed E-state index contributed by atoms with van der Waals surface area (Å²) in [4.78, 5) is 31.2. The van der Waals surface area contributed by atoms with Crippen LogP contribution >= 0.6 is 11.6 Å². The van der Waals surface area contributed by atoms with E-state index in [4.69, 9.17) is 11.6 Å². The molecular weight excluding hydrogens is 648 g/mol. The van der Waals surface area contributed by atoms with Crippen LogP contribution in [-0.4, -0.2) is 45.6 Å². The molecule has 1 atom stereocenters. The summed E-state index contributed by atoms with van der Waals surface area (Å²) in [5.41, 5.74) is -2.95. The van der Waals surface area contributed by atoms with Gasteiger partial charge in [-0.25, -0.2) is 13.8 Å². The van der Waals surface area contributed by atoms with E-state index in [0.29, 0.717) is 10.0 Å². The number of halogens is 9. The van der Waals surface area contributed by atoms with Gasteiger partial charge in [0.25, 0.3) is 11.8 Å². The molecule has 15 heteroatoms. The minimum absolute atomic E-state index is 0.00295. The van der Waals surface area contributed by atoms with Gasteiger partial charge in [0.05, 0.1) is 12.6 Å². The molecule has 2 heterocycles. The van der Waals surface area contributed by atoms with Gasteiger partial charge in [-0.2, -0.15) is 26.3 Å². The SMILES string of the molecule is CC1=C(C(=O)Nc2ccc(Cl)cc2-c2ccc(C(F)(F)F)nc2)C(=O)N(Cc2cccc(F)c2F)N(CC(F)(F)F)C1C(C)(C)C. The molecule has 1 aliphatic rings. The van der Waals surface area contributed by atoms with Crippen LogP contribution in [0.3, 0.4) is 0 Å². The van der Waals surface area contributed by atoms with Crippen molar-refractivity contribution in [2.75, 3.05) is 11.9 Å². The van der Waals surface area contributed by atoms with E-state index in [9.17, 15) is 44.7 Å². The summed E-state index contributed by atoms with van der Waals surface area (Å²) in [5, 5.41) is 3.94. The predicted molar refractivity (Wildman–Crippen MR) is 154 cm³/mol. The maximum absolute atomic E-state index is 14.7. The lowest BCUT2D eigenvalue weighted by Gasteiger charge is -2.49. The van der Waals surface area contributed by atoms with E-state index in [1.54, 1.807) is 20.8 Å². The minimum Gasteiger partial charge on any atom is -0.321 e. The van der Waals surface area contributed by atoms with E-state index in [0.717, 1.165) is 36.5 Å². The van der Waals surface area contributed by atoms with Gasteiger partial charge in [-0.3, -0.25) is 19.6 Å². The number of carbonyl (C=O) groups is 2. The van der Waals surface area contributed by atoms with Gasteiger partial charge in [0.2, 0.25) is 0 Å². The molecule has 1 unspecified atom stereocenters. The molecule has 0 radical (unpaired) electrons. The number of anilines is 1. The van der Waals surface area contributed by atoms with Crippen LogP contribution in [0.25, 0.3) is 11.1 Å². The van der Waals surface area contributed by atoms with E-state index in [1.807, 2.05) is 0 Å². The molecule has 0 bridgehead atoms. The Hall–Kier alpha value is -4.04. The second-order valence-corrected chi connectivity index (χ2v) is 12.1. The van der Waals surface area contributed by atoms with Crippen molar-refractivity contribution in [2.45, 2.75) is 52.6 Å². The zero-order chi connectivity index (χ0) is 34.4. The number of rotatable bonds is 6. The smallest absolute Gasteiger partial charge is 0.321 e. The Bertz CT molecular complexity index is 1680. The van der Waals surface area contributed by atoms with Crippen LogP contribution in [0.1, 0.15) is 39.0 Å². The summed E-state index contributed by atoms with van der Waals surface area (Å²) in [6, 6.07) is 7.68. The molecule has 1 aromatic heterocycles. The van der Waals surface area contributed by atoms with E-state index < -0.39 is 77.2 Å². The number of pyridine rings is 1. The van der Waals surface area contributed by atoms with Gasteiger partial charge in [0, 0.05) is 33.6 Å². The average Bonchev–Trinajstić information content (AvgIpc) is 2.92. The number of amides is 2. The number of hydrogen-bond acceptors (Lipinski definition) is 4. The fourth-order valence-electron chi connectivity index (χ4n) is 5.41. The summed E-state index contributed by atoms with van der Waals surface area (Å²) < 4.78 is 110. The Morgan fingerprint density at radius 2 is 1.67 bits per heavy atom. The highest BCUT2D eigenvalue weighted by atomic mass is 35.5. The molecule has 0 spiro atoms. The molecule has 3 aromatic rings. The van der Waals surface area contributed by atoms with Gasteiger partial charge >= 0.3 is 12.4 Å². The van der Waals surface area contributed by atoms with Crippen LogP contribution in [0, 0.1) is 17.0 Å². The Labute approximate surface area is 263 Å². The van der Waals surface area contributed by atoms with Gasteiger partial charge in [-0.05, 0) is 48.2 Å². The Balaban J connectivity index is 1.81. The van der Waals surface area contributed by atoms with Crippen molar-refractivity contribution < 1.29 is 44.7 Å². The molecule has 46 heavy (non-hydrogen) atoms. The van der Waals surface area contributed by atoms with Crippen molar-refractivity contribution in [3.8, 4) is 11.1 Å². The van der Waals surface area contributed by atoms with Crippen LogP contribution in [0.4, 0.5) is 40.8 Å². The number of nitrogens with zero attached hydrogens (tertiary/aromatic N) is 3. The first kappa shape index (κ1) is 34.8. The van der Waals surface area contributed by atoms with Gasteiger partial charge in [0.15, 0.2) is 11.6 Å². The third-order valence-corrected chi connectivity index (χ3v) is 7.43. The largest absolute Gasteiger partial charge is 0.433 e.